The lowest BCUT2D eigenvalue weighted by Gasteiger charge is -2.38. The fourth-order valence-electron chi connectivity index (χ4n) is 5.17. The van der Waals surface area contributed by atoms with E-state index in [2.05, 4.69) is 27.7 Å². The molecule has 1 aliphatic carbocycles. The maximum Gasteiger partial charge on any atom is 0.416 e. The van der Waals surface area contributed by atoms with Crippen molar-refractivity contribution in [3.63, 3.8) is 0 Å². The second kappa shape index (κ2) is 9.75. The maximum absolute atomic E-state index is 13.0. The molecule has 182 valence electrons. The molecule has 0 saturated heterocycles. The van der Waals surface area contributed by atoms with Gasteiger partial charge in [-0.25, -0.2) is 0 Å². The van der Waals surface area contributed by atoms with Gasteiger partial charge in [0.1, 0.15) is 6.10 Å². The van der Waals surface area contributed by atoms with Crippen LogP contribution in [0.1, 0.15) is 111 Å². The van der Waals surface area contributed by atoms with E-state index >= 15 is 0 Å². The summed E-state index contributed by atoms with van der Waals surface area (Å²) in [6, 6.07) is 4.79. The number of fused-ring (bicyclic) bond motifs is 1. The van der Waals surface area contributed by atoms with Crippen LogP contribution in [0.3, 0.4) is 0 Å². The molecule has 0 fully saturated rings. The zero-order chi connectivity index (χ0) is 24.6. The summed E-state index contributed by atoms with van der Waals surface area (Å²) in [7, 11) is 0. The lowest BCUT2D eigenvalue weighted by molar-refractivity contribution is -0.137. The predicted molar refractivity (Wildman–Crippen MR) is 124 cm³/mol. The van der Waals surface area contributed by atoms with Crippen LogP contribution in [0.15, 0.2) is 24.3 Å². The highest BCUT2D eigenvalue weighted by Crippen LogP contribution is 2.46. The Morgan fingerprint density at radius 2 is 1.82 bits per heavy atom. The number of pyridine rings is 1. The highest BCUT2D eigenvalue weighted by atomic mass is 19.4. The van der Waals surface area contributed by atoms with Gasteiger partial charge in [-0.1, -0.05) is 46.2 Å². The van der Waals surface area contributed by atoms with Crippen molar-refractivity contribution in [2.75, 3.05) is 6.61 Å². The Labute approximate surface area is 195 Å². The summed E-state index contributed by atoms with van der Waals surface area (Å²) in [5.41, 5.74) is 4.30. The number of aliphatic hydroxyl groups is 1. The van der Waals surface area contributed by atoms with Crippen LogP contribution in [0.5, 0.6) is 0 Å². The zero-order valence-corrected chi connectivity index (χ0v) is 20.5. The Morgan fingerprint density at radius 3 is 2.36 bits per heavy atom. The lowest BCUT2D eigenvalue weighted by atomic mass is 9.72. The van der Waals surface area contributed by atoms with E-state index in [4.69, 9.17) is 9.72 Å². The summed E-state index contributed by atoms with van der Waals surface area (Å²) in [6.45, 7) is 13.2. The molecule has 2 unspecified atom stereocenters. The monoisotopic (exact) mass is 463 g/mol. The molecule has 3 nitrogen and oxygen atoms in total. The number of hydrogen-bond acceptors (Lipinski definition) is 3. The summed E-state index contributed by atoms with van der Waals surface area (Å²) < 4.78 is 45.2. The first kappa shape index (κ1) is 25.7. The molecular formula is C27H36F3NO2. The van der Waals surface area contributed by atoms with Crippen molar-refractivity contribution < 1.29 is 23.0 Å². The fraction of sp³-hybridized carbons (Fsp3) is 0.593. The van der Waals surface area contributed by atoms with Gasteiger partial charge in [0.2, 0.25) is 0 Å². The van der Waals surface area contributed by atoms with Crippen LogP contribution in [0.4, 0.5) is 13.2 Å². The van der Waals surface area contributed by atoms with E-state index in [9.17, 15) is 18.3 Å². The Balaban J connectivity index is 2.17. The van der Waals surface area contributed by atoms with E-state index in [1.54, 1.807) is 0 Å². The largest absolute Gasteiger partial charge is 0.416 e. The number of nitrogens with zero attached hydrogens (tertiary/aromatic N) is 1. The molecule has 0 spiro atoms. The van der Waals surface area contributed by atoms with Crippen LogP contribution in [-0.2, 0) is 17.3 Å². The normalized spacial score (nSPS) is 19.8. The molecular weight excluding hydrogens is 427 g/mol. The number of aliphatic hydroxyl groups excluding tert-OH is 1. The van der Waals surface area contributed by atoms with Gasteiger partial charge in [0.15, 0.2) is 0 Å². The molecule has 0 amide bonds. The number of alkyl halides is 3. The van der Waals surface area contributed by atoms with E-state index in [0.29, 0.717) is 17.7 Å². The number of halogens is 3. The van der Waals surface area contributed by atoms with Gasteiger partial charge in [-0.15, -0.1) is 0 Å². The minimum absolute atomic E-state index is 0.0467. The molecule has 1 aromatic heterocycles. The molecule has 0 bridgehead atoms. The molecule has 2 aromatic rings. The summed E-state index contributed by atoms with van der Waals surface area (Å²) in [5, 5.41) is 11.4. The first-order valence-corrected chi connectivity index (χ1v) is 11.9. The number of rotatable bonds is 7. The summed E-state index contributed by atoms with van der Waals surface area (Å²) in [4.78, 5) is 5.10. The van der Waals surface area contributed by atoms with Crippen molar-refractivity contribution in [2.24, 2.45) is 5.41 Å². The smallest absolute Gasteiger partial charge is 0.384 e. The highest BCUT2D eigenvalue weighted by molar-refractivity contribution is 5.48. The van der Waals surface area contributed by atoms with Gasteiger partial charge in [-0.3, -0.25) is 4.98 Å². The van der Waals surface area contributed by atoms with Crippen molar-refractivity contribution in [2.45, 2.75) is 91.5 Å². The Kier molecular flexibility index (Phi) is 7.59. The summed E-state index contributed by atoms with van der Waals surface area (Å²) >= 11 is 0. The van der Waals surface area contributed by atoms with Gasteiger partial charge in [-0.2, -0.15) is 13.2 Å². The zero-order valence-electron chi connectivity index (χ0n) is 20.5. The molecule has 1 N–H and O–H groups in total. The van der Waals surface area contributed by atoms with Crippen molar-refractivity contribution in [3.05, 3.63) is 63.5 Å². The fourth-order valence-corrected chi connectivity index (χ4v) is 5.17. The van der Waals surface area contributed by atoms with Crippen molar-refractivity contribution in [1.82, 2.24) is 4.98 Å². The highest BCUT2D eigenvalue weighted by Gasteiger charge is 2.38. The van der Waals surface area contributed by atoms with E-state index in [-0.39, 0.29) is 17.4 Å². The third kappa shape index (κ3) is 5.43. The molecule has 1 aromatic carbocycles. The minimum Gasteiger partial charge on any atom is -0.384 e. The number of aromatic nitrogens is 1. The van der Waals surface area contributed by atoms with Crippen LogP contribution in [0.25, 0.3) is 0 Å². The van der Waals surface area contributed by atoms with Crippen molar-refractivity contribution >= 4 is 0 Å². The molecule has 0 aliphatic heterocycles. The van der Waals surface area contributed by atoms with E-state index in [1.807, 2.05) is 13.8 Å². The molecule has 33 heavy (non-hydrogen) atoms. The summed E-state index contributed by atoms with van der Waals surface area (Å²) in [5.74, 6) is 0.119. The van der Waals surface area contributed by atoms with Crippen molar-refractivity contribution in [1.29, 1.82) is 0 Å². The first-order chi connectivity index (χ1) is 15.4. The van der Waals surface area contributed by atoms with Gasteiger partial charge in [0.05, 0.1) is 11.7 Å². The molecule has 6 heteroatoms. The summed E-state index contributed by atoms with van der Waals surface area (Å²) in [6.07, 6.45) is -2.01. The Morgan fingerprint density at radius 1 is 1.18 bits per heavy atom. The van der Waals surface area contributed by atoms with Crippen LogP contribution < -0.4 is 0 Å². The SMILES string of the molecule is CCCC(C)c1nc2c(c(C)c1[C@@H](O)c1ccc(C(F)(F)F)cc1)C(OCC)CC(C)(C)C2. The maximum atomic E-state index is 13.0. The van der Waals surface area contributed by atoms with Crippen LogP contribution in [0.2, 0.25) is 0 Å². The first-order valence-electron chi connectivity index (χ1n) is 11.9. The van der Waals surface area contributed by atoms with E-state index < -0.39 is 17.8 Å². The minimum atomic E-state index is -4.41. The lowest BCUT2D eigenvalue weighted by Crippen LogP contribution is -2.30. The van der Waals surface area contributed by atoms with Crippen LogP contribution >= 0.6 is 0 Å². The van der Waals surface area contributed by atoms with Gasteiger partial charge in [-0.05, 0) is 67.7 Å². The molecule has 0 saturated carbocycles. The third-order valence-corrected chi connectivity index (χ3v) is 6.74. The molecule has 3 rings (SSSR count). The second-order valence-electron chi connectivity index (χ2n) is 10.1. The molecule has 1 heterocycles. The van der Waals surface area contributed by atoms with Gasteiger partial charge in [0.25, 0.3) is 0 Å². The van der Waals surface area contributed by atoms with Crippen LogP contribution in [0, 0.1) is 12.3 Å². The van der Waals surface area contributed by atoms with Crippen molar-refractivity contribution in [3.8, 4) is 0 Å². The van der Waals surface area contributed by atoms with Gasteiger partial charge in [0, 0.05) is 29.1 Å². The number of benzene rings is 1. The number of ether oxygens (including phenoxy) is 1. The Hall–Kier alpha value is -1.92. The third-order valence-electron chi connectivity index (χ3n) is 6.74. The second-order valence-corrected chi connectivity index (χ2v) is 10.1. The average Bonchev–Trinajstić information content (AvgIpc) is 2.71. The topological polar surface area (TPSA) is 42.4 Å². The van der Waals surface area contributed by atoms with Crippen LogP contribution in [-0.4, -0.2) is 16.7 Å². The van der Waals surface area contributed by atoms with E-state index in [0.717, 1.165) is 60.3 Å². The molecule has 3 atom stereocenters. The molecule has 1 aliphatic rings. The quantitative estimate of drug-likeness (QED) is 0.464. The predicted octanol–water partition coefficient (Wildman–Crippen LogP) is 7.44. The molecule has 0 radical (unpaired) electrons. The standard InChI is InChI=1S/C27H36F3NO2/c1-7-9-16(3)24-23(25(32)18-10-12-19(13-11-18)27(28,29)30)17(4)22-20(31-24)14-26(5,6)15-21(22)33-8-2/h10-13,16,21,25,32H,7-9,14-15H2,1-6H3/t16?,21?,25-/m0/s1. The number of hydrogen-bond donors (Lipinski definition) is 1. The van der Waals surface area contributed by atoms with Gasteiger partial charge < -0.3 is 9.84 Å². The Bertz CT molecular complexity index is 967. The van der Waals surface area contributed by atoms with Gasteiger partial charge >= 0.3 is 6.18 Å². The average molecular weight is 464 g/mol. The van der Waals surface area contributed by atoms with E-state index in [1.165, 1.54) is 12.1 Å².